The number of hydrogen-bond donors (Lipinski definition) is 3. The molecular formula is C8H20N2O. The van der Waals surface area contributed by atoms with Crippen molar-refractivity contribution in [2.75, 3.05) is 13.2 Å². The molecule has 3 nitrogen and oxygen atoms in total. The Balaban J connectivity index is 3.68. The molecule has 1 unspecified atom stereocenters. The molecule has 4 N–H and O–H groups in total. The van der Waals surface area contributed by atoms with Gasteiger partial charge >= 0.3 is 0 Å². The minimum atomic E-state index is -0.547. The predicted molar refractivity (Wildman–Crippen MR) is 47.2 cm³/mol. The van der Waals surface area contributed by atoms with Gasteiger partial charge in [-0.2, -0.15) is 0 Å². The highest BCUT2D eigenvalue weighted by atomic mass is 16.3. The number of aliphatic hydroxyl groups is 1. The lowest BCUT2D eigenvalue weighted by atomic mass is 9.95. The molecule has 0 heterocycles. The highest BCUT2D eigenvalue weighted by Crippen LogP contribution is 2.15. The molecule has 11 heavy (non-hydrogen) atoms. The maximum atomic E-state index is 9.83. The highest BCUT2D eigenvalue weighted by molar-refractivity contribution is 4.78. The third kappa shape index (κ3) is 4.35. The van der Waals surface area contributed by atoms with Crippen LogP contribution < -0.4 is 11.1 Å². The zero-order chi connectivity index (χ0) is 8.74. The third-order valence-corrected chi connectivity index (χ3v) is 1.97. The minimum Gasteiger partial charge on any atom is -0.389 e. The Morgan fingerprint density at radius 3 is 2.45 bits per heavy atom. The van der Waals surface area contributed by atoms with E-state index >= 15 is 0 Å². The quantitative estimate of drug-likeness (QED) is 0.494. The molecule has 68 valence electrons. The van der Waals surface area contributed by atoms with Crippen LogP contribution in [0.4, 0.5) is 0 Å². The van der Waals surface area contributed by atoms with Gasteiger partial charge in [0.05, 0.1) is 5.60 Å². The van der Waals surface area contributed by atoms with Crippen LogP contribution in [0.15, 0.2) is 0 Å². The molecule has 0 spiro atoms. The first-order valence-corrected chi connectivity index (χ1v) is 4.31. The van der Waals surface area contributed by atoms with Crippen molar-refractivity contribution in [3.8, 4) is 0 Å². The highest BCUT2D eigenvalue weighted by Gasteiger charge is 2.21. The third-order valence-electron chi connectivity index (χ3n) is 1.97. The molecule has 0 amide bonds. The molecule has 0 aromatic heterocycles. The summed E-state index contributed by atoms with van der Waals surface area (Å²) in [6.45, 7) is 5.11. The fourth-order valence-electron chi connectivity index (χ4n) is 1.16. The van der Waals surface area contributed by atoms with Crippen LogP contribution in [0.3, 0.4) is 0 Å². The van der Waals surface area contributed by atoms with Crippen LogP contribution in [0.2, 0.25) is 0 Å². The van der Waals surface area contributed by atoms with Gasteiger partial charge in [0.2, 0.25) is 0 Å². The molecule has 0 rings (SSSR count). The largest absolute Gasteiger partial charge is 0.389 e. The molecule has 0 radical (unpaired) electrons. The van der Waals surface area contributed by atoms with Crippen LogP contribution >= 0.6 is 0 Å². The van der Waals surface area contributed by atoms with E-state index < -0.39 is 5.60 Å². The summed E-state index contributed by atoms with van der Waals surface area (Å²) in [6, 6.07) is 0. The molecule has 0 fully saturated rings. The second kappa shape index (κ2) is 5.52. The second-order valence-electron chi connectivity index (χ2n) is 2.96. The molecule has 3 heteroatoms. The van der Waals surface area contributed by atoms with Gasteiger partial charge in [-0.15, -0.1) is 0 Å². The van der Waals surface area contributed by atoms with E-state index in [-0.39, 0.29) is 0 Å². The Bertz CT molecular complexity index is 98.1. The lowest BCUT2D eigenvalue weighted by Gasteiger charge is -2.26. The minimum absolute atomic E-state index is 0.437. The van der Waals surface area contributed by atoms with Crippen molar-refractivity contribution < 1.29 is 5.11 Å². The molecule has 0 aromatic rings. The van der Waals surface area contributed by atoms with Crippen LogP contribution in [0.25, 0.3) is 0 Å². The van der Waals surface area contributed by atoms with Gasteiger partial charge in [0, 0.05) is 13.2 Å². The number of hydrogen-bond acceptors (Lipinski definition) is 3. The molecule has 0 aliphatic heterocycles. The van der Waals surface area contributed by atoms with Crippen LogP contribution in [-0.2, 0) is 0 Å². The Labute approximate surface area is 69.0 Å². The fourth-order valence-corrected chi connectivity index (χ4v) is 1.16. The smallest absolute Gasteiger partial charge is 0.0769 e. The van der Waals surface area contributed by atoms with Crippen LogP contribution in [0.5, 0.6) is 0 Å². The van der Waals surface area contributed by atoms with Crippen molar-refractivity contribution in [1.82, 2.24) is 5.32 Å². The summed E-state index contributed by atoms with van der Waals surface area (Å²) in [5.41, 5.74) is 4.72. The van der Waals surface area contributed by atoms with Gasteiger partial charge in [0.15, 0.2) is 0 Å². The van der Waals surface area contributed by atoms with E-state index in [2.05, 4.69) is 12.2 Å². The van der Waals surface area contributed by atoms with Crippen molar-refractivity contribution >= 4 is 0 Å². The average Bonchev–Trinajstić information content (AvgIpc) is 2.02. The summed E-state index contributed by atoms with van der Waals surface area (Å²) >= 11 is 0. The van der Waals surface area contributed by atoms with E-state index in [4.69, 9.17) is 5.73 Å². The van der Waals surface area contributed by atoms with Crippen molar-refractivity contribution in [2.45, 2.75) is 38.7 Å². The van der Waals surface area contributed by atoms with Gasteiger partial charge in [-0.25, -0.2) is 0 Å². The van der Waals surface area contributed by atoms with Crippen molar-refractivity contribution in [2.24, 2.45) is 5.73 Å². The predicted octanol–water partition coefficient (Wildman–Crippen LogP) is 0.433. The van der Waals surface area contributed by atoms with Gasteiger partial charge in [-0.1, -0.05) is 20.3 Å². The first-order valence-electron chi connectivity index (χ1n) is 4.31. The number of rotatable bonds is 6. The molecular weight excluding hydrogens is 140 g/mol. The Kier molecular flexibility index (Phi) is 5.46. The molecule has 0 saturated carbocycles. The number of nitrogens with two attached hydrogens (primary N) is 1. The molecule has 0 aromatic carbocycles. The van der Waals surface area contributed by atoms with Gasteiger partial charge in [0.25, 0.3) is 0 Å². The van der Waals surface area contributed by atoms with Gasteiger partial charge in [-0.05, 0) is 12.8 Å². The summed E-state index contributed by atoms with van der Waals surface area (Å²) in [5.74, 6) is 0. The van der Waals surface area contributed by atoms with Crippen LogP contribution in [0, 0.1) is 0 Å². The van der Waals surface area contributed by atoms with E-state index in [1.807, 2.05) is 6.92 Å². The summed E-state index contributed by atoms with van der Waals surface area (Å²) < 4.78 is 0. The van der Waals surface area contributed by atoms with Crippen molar-refractivity contribution in [1.29, 1.82) is 0 Å². The molecule has 0 aliphatic rings. The zero-order valence-corrected chi connectivity index (χ0v) is 7.56. The van der Waals surface area contributed by atoms with E-state index in [0.717, 1.165) is 19.3 Å². The number of nitrogens with one attached hydrogen (secondary N) is 1. The van der Waals surface area contributed by atoms with Gasteiger partial charge < -0.3 is 16.2 Å². The van der Waals surface area contributed by atoms with Crippen molar-refractivity contribution in [3.63, 3.8) is 0 Å². The lowest BCUT2D eigenvalue weighted by Crippen LogP contribution is -2.41. The molecule has 0 saturated heterocycles. The standard InChI is InChI=1S/C8H20N2O/c1-3-5-8(11,4-2)6-10-7-9/h10-11H,3-7,9H2,1-2H3. The summed E-state index contributed by atoms with van der Waals surface area (Å²) in [4.78, 5) is 0. The van der Waals surface area contributed by atoms with Crippen LogP contribution in [0.1, 0.15) is 33.1 Å². The monoisotopic (exact) mass is 160 g/mol. The fraction of sp³-hybridized carbons (Fsp3) is 1.00. The average molecular weight is 160 g/mol. The summed E-state index contributed by atoms with van der Waals surface area (Å²) in [6.07, 6.45) is 2.64. The summed E-state index contributed by atoms with van der Waals surface area (Å²) in [5, 5.41) is 12.8. The van der Waals surface area contributed by atoms with Gasteiger partial charge in [-0.3, -0.25) is 0 Å². The molecule has 0 bridgehead atoms. The van der Waals surface area contributed by atoms with Gasteiger partial charge in [0.1, 0.15) is 0 Å². The second-order valence-corrected chi connectivity index (χ2v) is 2.96. The Morgan fingerprint density at radius 1 is 1.45 bits per heavy atom. The Morgan fingerprint density at radius 2 is 2.09 bits per heavy atom. The first kappa shape index (κ1) is 10.9. The van der Waals surface area contributed by atoms with E-state index in [0.29, 0.717) is 13.2 Å². The van der Waals surface area contributed by atoms with E-state index in [1.165, 1.54) is 0 Å². The topological polar surface area (TPSA) is 58.3 Å². The zero-order valence-electron chi connectivity index (χ0n) is 7.56. The van der Waals surface area contributed by atoms with Crippen LogP contribution in [-0.4, -0.2) is 23.9 Å². The van der Waals surface area contributed by atoms with Crippen molar-refractivity contribution in [3.05, 3.63) is 0 Å². The first-order chi connectivity index (χ1) is 5.18. The van der Waals surface area contributed by atoms with E-state index in [9.17, 15) is 5.11 Å². The SMILES string of the molecule is CCCC(O)(CC)CNCN. The summed E-state index contributed by atoms with van der Waals surface area (Å²) in [7, 11) is 0. The Hall–Kier alpha value is -0.120. The normalized spacial score (nSPS) is 16.4. The molecule has 1 atom stereocenters. The maximum Gasteiger partial charge on any atom is 0.0769 e. The van der Waals surface area contributed by atoms with E-state index in [1.54, 1.807) is 0 Å². The lowest BCUT2D eigenvalue weighted by molar-refractivity contribution is 0.0275. The molecule has 0 aliphatic carbocycles. The maximum absolute atomic E-state index is 9.83.